The van der Waals surface area contributed by atoms with Crippen molar-refractivity contribution in [2.24, 2.45) is 5.73 Å². The van der Waals surface area contributed by atoms with E-state index in [9.17, 15) is 13.2 Å². The molecule has 0 radical (unpaired) electrons. The van der Waals surface area contributed by atoms with E-state index in [1.807, 2.05) is 0 Å². The van der Waals surface area contributed by atoms with Crippen LogP contribution in [-0.2, 0) is 12.6 Å². The van der Waals surface area contributed by atoms with Crippen LogP contribution in [0.2, 0.25) is 0 Å². The van der Waals surface area contributed by atoms with E-state index in [1.165, 1.54) is 6.07 Å². The van der Waals surface area contributed by atoms with Gasteiger partial charge in [0.05, 0.1) is 5.56 Å². The molecule has 0 saturated carbocycles. The quantitative estimate of drug-likeness (QED) is 0.848. The molecule has 0 saturated heterocycles. The number of fused-ring (bicyclic) bond motifs is 1. The second-order valence-corrected chi connectivity index (χ2v) is 4.09. The van der Waals surface area contributed by atoms with Gasteiger partial charge < -0.3 is 10.7 Å². The Morgan fingerprint density at radius 1 is 1.28 bits per heavy atom. The maximum Gasteiger partial charge on any atom is 0.417 e. The molecule has 0 atom stereocenters. The van der Waals surface area contributed by atoms with Gasteiger partial charge in [-0.3, -0.25) is 0 Å². The van der Waals surface area contributed by atoms with E-state index in [1.54, 1.807) is 19.2 Å². The Morgan fingerprint density at radius 3 is 2.50 bits per heavy atom. The first kappa shape index (κ1) is 14.6. The number of nitrogens with two attached hydrogens (primary N) is 1. The standard InChI is InChI=1S/C12H13F3N2.CH4/c1-7-4-9(12(13,14)15)11-8(2-3-16)6-17-10(11)5-7;/h4-6,17H,2-3,16H2,1H3;1H4. The summed E-state index contributed by atoms with van der Waals surface area (Å²) in [6.45, 7) is 1.98. The van der Waals surface area contributed by atoms with Crippen molar-refractivity contribution >= 4 is 10.9 Å². The fourth-order valence-electron chi connectivity index (χ4n) is 2.06. The third-order valence-electron chi connectivity index (χ3n) is 2.72. The van der Waals surface area contributed by atoms with Crippen molar-refractivity contribution in [3.63, 3.8) is 0 Å². The largest absolute Gasteiger partial charge is 0.417 e. The number of benzene rings is 1. The molecule has 3 N–H and O–H groups in total. The van der Waals surface area contributed by atoms with E-state index in [0.29, 0.717) is 29.6 Å². The van der Waals surface area contributed by atoms with Crippen LogP contribution in [0.25, 0.3) is 10.9 Å². The van der Waals surface area contributed by atoms with Gasteiger partial charge >= 0.3 is 6.18 Å². The summed E-state index contributed by atoms with van der Waals surface area (Å²) in [5.41, 5.74) is 6.54. The zero-order valence-corrected chi connectivity index (χ0v) is 9.36. The molecule has 2 rings (SSSR count). The SMILES string of the molecule is C.Cc1cc(C(F)(F)F)c2c(CCN)c[nH]c2c1. The molecule has 5 heteroatoms. The molecule has 2 aromatic rings. The van der Waals surface area contributed by atoms with Gasteiger partial charge in [-0.15, -0.1) is 0 Å². The molecule has 0 aliphatic rings. The molecule has 1 aromatic carbocycles. The van der Waals surface area contributed by atoms with Gasteiger partial charge in [0.15, 0.2) is 0 Å². The molecule has 100 valence electrons. The van der Waals surface area contributed by atoms with Crippen LogP contribution in [0.5, 0.6) is 0 Å². The normalized spacial score (nSPS) is 11.6. The predicted octanol–water partition coefficient (Wildman–Crippen LogP) is 3.63. The van der Waals surface area contributed by atoms with Gasteiger partial charge in [-0.2, -0.15) is 13.2 Å². The number of nitrogens with one attached hydrogen (secondary N) is 1. The highest BCUT2D eigenvalue weighted by molar-refractivity contribution is 5.87. The number of aryl methyl sites for hydroxylation is 1. The summed E-state index contributed by atoms with van der Waals surface area (Å²) in [5, 5.41) is 0.244. The lowest BCUT2D eigenvalue weighted by Crippen LogP contribution is -2.08. The summed E-state index contributed by atoms with van der Waals surface area (Å²) in [7, 11) is 0. The molecule has 0 unspecified atom stereocenters. The predicted molar refractivity (Wildman–Crippen MR) is 67.5 cm³/mol. The average Bonchev–Trinajstić information content (AvgIpc) is 2.59. The topological polar surface area (TPSA) is 41.8 Å². The third-order valence-corrected chi connectivity index (χ3v) is 2.72. The minimum Gasteiger partial charge on any atom is -0.361 e. The fraction of sp³-hybridized carbons (Fsp3) is 0.385. The lowest BCUT2D eigenvalue weighted by Gasteiger charge is -2.11. The van der Waals surface area contributed by atoms with Crippen LogP contribution < -0.4 is 5.73 Å². The Balaban J connectivity index is 0.00000162. The number of alkyl halides is 3. The Labute approximate surface area is 104 Å². The van der Waals surface area contributed by atoms with Crippen molar-refractivity contribution in [3.05, 3.63) is 35.0 Å². The summed E-state index contributed by atoms with van der Waals surface area (Å²) in [4.78, 5) is 2.87. The fourth-order valence-corrected chi connectivity index (χ4v) is 2.06. The summed E-state index contributed by atoms with van der Waals surface area (Å²) in [6, 6.07) is 2.89. The van der Waals surface area contributed by atoms with Crippen molar-refractivity contribution in [3.8, 4) is 0 Å². The van der Waals surface area contributed by atoms with Gasteiger partial charge in [-0.25, -0.2) is 0 Å². The van der Waals surface area contributed by atoms with E-state index >= 15 is 0 Å². The lowest BCUT2D eigenvalue weighted by molar-refractivity contribution is -0.136. The number of H-pyrrole nitrogens is 1. The van der Waals surface area contributed by atoms with E-state index in [4.69, 9.17) is 5.73 Å². The smallest absolute Gasteiger partial charge is 0.361 e. The molecule has 18 heavy (non-hydrogen) atoms. The van der Waals surface area contributed by atoms with Crippen molar-refractivity contribution in [2.45, 2.75) is 26.9 Å². The summed E-state index contributed by atoms with van der Waals surface area (Å²) >= 11 is 0. The number of hydrogen-bond acceptors (Lipinski definition) is 1. The minimum atomic E-state index is -4.34. The van der Waals surface area contributed by atoms with E-state index in [2.05, 4.69) is 4.98 Å². The maximum atomic E-state index is 13.0. The van der Waals surface area contributed by atoms with Gasteiger partial charge in [-0.05, 0) is 43.1 Å². The van der Waals surface area contributed by atoms with Crippen LogP contribution in [0.15, 0.2) is 18.3 Å². The van der Waals surface area contributed by atoms with E-state index in [0.717, 1.165) is 0 Å². The van der Waals surface area contributed by atoms with Crippen molar-refractivity contribution in [1.82, 2.24) is 4.98 Å². The highest BCUT2D eigenvalue weighted by Crippen LogP contribution is 2.37. The Kier molecular flexibility index (Phi) is 4.06. The molecule has 1 heterocycles. The average molecular weight is 258 g/mol. The zero-order chi connectivity index (χ0) is 12.6. The van der Waals surface area contributed by atoms with Crippen molar-refractivity contribution < 1.29 is 13.2 Å². The van der Waals surface area contributed by atoms with Gasteiger partial charge in [0, 0.05) is 17.1 Å². The molecule has 0 aliphatic heterocycles. The second kappa shape index (κ2) is 5.02. The first-order chi connectivity index (χ1) is 7.93. The number of hydrogen-bond donors (Lipinski definition) is 2. The number of rotatable bonds is 2. The number of aromatic amines is 1. The van der Waals surface area contributed by atoms with Crippen LogP contribution in [0.3, 0.4) is 0 Å². The molecule has 0 amide bonds. The van der Waals surface area contributed by atoms with Crippen molar-refractivity contribution in [2.75, 3.05) is 6.54 Å². The monoisotopic (exact) mass is 258 g/mol. The van der Waals surface area contributed by atoms with Gasteiger partial charge in [0.25, 0.3) is 0 Å². The highest BCUT2D eigenvalue weighted by Gasteiger charge is 2.33. The van der Waals surface area contributed by atoms with Crippen molar-refractivity contribution in [1.29, 1.82) is 0 Å². The molecule has 0 spiro atoms. The van der Waals surface area contributed by atoms with Gasteiger partial charge in [0.2, 0.25) is 0 Å². The first-order valence-corrected chi connectivity index (χ1v) is 5.31. The van der Waals surface area contributed by atoms with Crippen LogP contribution in [0, 0.1) is 6.92 Å². The second-order valence-electron chi connectivity index (χ2n) is 4.09. The molecule has 0 fully saturated rings. The summed E-state index contributed by atoms with van der Waals surface area (Å²) in [5.74, 6) is 0. The van der Waals surface area contributed by atoms with Gasteiger partial charge in [0.1, 0.15) is 0 Å². The Morgan fingerprint density at radius 2 is 1.94 bits per heavy atom. The highest BCUT2D eigenvalue weighted by atomic mass is 19.4. The Bertz CT molecular complexity index is 541. The third kappa shape index (κ3) is 2.51. The number of halogens is 3. The summed E-state index contributed by atoms with van der Waals surface area (Å²) in [6.07, 6.45) is -2.30. The van der Waals surface area contributed by atoms with Crippen LogP contribution in [-0.4, -0.2) is 11.5 Å². The van der Waals surface area contributed by atoms with Crippen LogP contribution >= 0.6 is 0 Å². The van der Waals surface area contributed by atoms with Crippen LogP contribution in [0.4, 0.5) is 13.2 Å². The molecular formula is C13H17F3N2. The van der Waals surface area contributed by atoms with Crippen LogP contribution in [0.1, 0.15) is 24.1 Å². The van der Waals surface area contributed by atoms with E-state index < -0.39 is 11.7 Å². The molecule has 2 nitrogen and oxygen atoms in total. The molecule has 0 aliphatic carbocycles. The first-order valence-electron chi connectivity index (χ1n) is 5.31. The molecular weight excluding hydrogens is 241 g/mol. The van der Waals surface area contributed by atoms with Gasteiger partial charge in [-0.1, -0.05) is 7.43 Å². The van der Waals surface area contributed by atoms with E-state index in [-0.39, 0.29) is 12.8 Å². The molecule has 1 aromatic heterocycles. The molecule has 0 bridgehead atoms. The minimum absolute atomic E-state index is 0. The Hall–Kier alpha value is -1.49. The summed E-state index contributed by atoms with van der Waals surface area (Å²) < 4.78 is 38.9. The lowest BCUT2D eigenvalue weighted by atomic mass is 10.0. The zero-order valence-electron chi connectivity index (χ0n) is 9.36. The maximum absolute atomic E-state index is 13.0. The number of aromatic nitrogens is 1.